The molecule has 32 heavy (non-hydrogen) atoms. The maximum Gasteiger partial charge on any atom is 0.416 e. The minimum atomic E-state index is -4.21. The van der Waals surface area contributed by atoms with Crippen LogP contribution in [0.15, 0.2) is 66.7 Å². The normalized spacial score (nSPS) is 11.2. The number of anilines is 1. The van der Waals surface area contributed by atoms with Crippen LogP contribution in [0.4, 0.5) is 36.4 Å². The summed E-state index contributed by atoms with van der Waals surface area (Å²) in [4.78, 5) is 0. The van der Waals surface area contributed by atoms with Gasteiger partial charge in [0.05, 0.1) is 11.3 Å². The van der Waals surface area contributed by atoms with Gasteiger partial charge >= 0.3 is 12.8 Å². The van der Waals surface area contributed by atoms with Gasteiger partial charge in [-0.25, -0.2) is 17.2 Å². The largest absolute Gasteiger partial charge is 0.435 e. The molecule has 0 bridgehead atoms. The summed E-state index contributed by atoms with van der Waals surface area (Å²) in [5.74, 6) is -2.07. The molecule has 3 aromatic rings. The van der Waals surface area contributed by atoms with Crippen LogP contribution in [0.3, 0.4) is 0 Å². The van der Waals surface area contributed by atoms with Gasteiger partial charge in [-0.2, -0.15) is 22.0 Å². The third-order valence-corrected chi connectivity index (χ3v) is 4.13. The molecule has 0 aliphatic rings. The van der Waals surface area contributed by atoms with Gasteiger partial charge < -0.3 is 4.74 Å². The van der Waals surface area contributed by atoms with E-state index in [1.54, 1.807) is 6.07 Å². The van der Waals surface area contributed by atoms with Crippen LogP contribution in [-0.4, -0.2) is 15.0 Å². The molecule has 0 atom stereocenters. The van der Waals surface area contributed by atoms with Crippen molar-refractivity contribution in [2.45, 2.75) is 12.8 Å². The average molecular weight is 481 g/mol. The van der Waals surface area contributed by atoms with Crippen molar-refractivity contribution in [3.8, 4) is 16.9 Å². The van der Waals surface area contributed by atoms with Crippen molar-refractivity contribution in [3.63, 3.8) is 0 Å². The summed E-state index contributed by atoms with van der Waals surface area (Å²) in [5, 5.41) is 0. The van der Waals surface area contributed by atoms with E-state index < -0.39 is 46.6 Å². The molecule has 12 heteroatoms. The first-order valence-corrected chi connectivity index (χ1v) is 9.72. The topological polar surface area (TPSA) is 55.4 Å². The zero-order valence-electron chi connectivity index (χ0n) is 15.7. The molecular weight excluding hydrogens is 467 g/mol. The predicted octanol–water partition coefficient (Wildman–Crippen LogP) is 5.88. The van der Waals surface area contributed by atoms with Crippen LogP contribution in [0.25, 0.3) is 11.1 Å². The van der Waals surface area contributed by atoms with Crippen molar-refractivity contribution >= 4 is 16.6 Å². The molecule has 1 N–H and O–H groups in total. The van der Waals surface area contributed by atoms with Gasteiger partial charge in [-0.3, -0.25) is 4.72 Å². The van der Waals surface area contributed by atoms with Crippen LogP contribution in [0, 0.1) is 11.6 Å². The van der Waals surface area contributed by atoms with Crippen LogP contribution in [0.2, 0.25) is 0 Å². The predicted molar refractivity (Wildman–Crippen MR) is 104 cm³/mol. The average Bonchev–Trinajstić information content (AvgIpc) is 2.69. The molecule has 172 valence electrons. The number of hydrogen-bond acceptors (Lipinski definition) is 3. The second kappa shape index (κ2) is 10.8. The van der Waals surface area contributed by atoms with E-state index >= 15 is 0 Å². The van der Waals surface area contributed by atoms with Crippen molar-refractivity contribution in [1.82, 2.24) is 0 Å². The van der Waals surface area contributed by atoms with E-state index in [2.05, 4.69) is 4.74 Å². The maximum atomic E-state index is 13.4. The summed E-state index contributed by atoms with van der Waals surface area (Å²) >= 11 is 0. The molecule has 4 nitrogen and oxygen atoms in total. The highest BCUT2D eigenvalue weighted by atomic mass is 32.2. The van der Waals surface area contributed by atoms with Crippen molar-refractivity contribution < 1.29 is 43.9 Å². The highest BCUT2D eigenvalue weighted by Crippen LogP contribution is 2.30. The standard InChI is InChI=1S/C13H9F4NO3S.C7H5F3/c14-9-3-8(4-10(6-9)21-13(16)17)7-1-2-11(15)12(5-7)18-22(19)20;8-7(9,10)6-4-2-1-3-5-6/h1-6,13,22H,(H,18,19,20);1-5H. The van der Waals surface area contributed by atoms with Gasteiger partial charge in [-0.1, -0.05) is 36.4 Å². The van der Waals surface area contributed by atoms with E-state index in [4.69, 9.17) is 0 Å². The third-order valence-electron chi connectivity index (χ3n) is 3.71. The molecular formula is C20H14F7NO3S. The first-order valence-electron chi connectivity index (χ1n) is 8.54. The fourth-order valence-corrected chi connectivity index (χ4v) is 2.78. The van der Waals surface area contributed by atoms with Crippen LogP contribution in [-0.2, 0) is 17.1 Å². The maximum absolute atomic E-state index is 13.4. The summed E-state index contributed by atoms with van der Waals surface area (Å²) in [5.41, 5.74) is -0.594. The lowest BCUT2D eigenvalue weighted by Crippen LogP contribution is -2.03. The van der Waals surface area contributed by atoms with Gasteiger partial charge in [0.25, 0.3) is 0 Å². The van der Waals surface area contributed by atoms with E-state index in [1.165, 1.54) is 18.2 Å². The van der Waals surface area contributed by atoms with Crippen LogP contribution in [0.5, 0.6) is 5.75 Å². The number of nitrogens with one attached hydrogen (secondary N) is 1. The Labute approximate surface area is 179 Å². The number of benzene rings is 3. The molecule has 0 aliphatic carbocycles. The number of hydrogen-bond donors (Lipinski definition) is 2. The van der Waals surface area contributed by atoms with E-state index in [-0.39, 0.29) is 16.8 Å². The Hall–Kier alpha value is -3.28. The fraction of sp³-hybridized carbons (Fsp3) is 0.100. The second-order valence-electron chi connectivity index (χ2n) is 5.98. The van der Waals surface area contributed by atoms with Crippen LogP contribution < -0.4 is 9.46 Å². The molecule has 0 saturated heterocycles. The number of ether oxygens (including phenoxy) is 1. The molecule has 0 saturated carbocycles. The Bertz CT molecular complexity index is 1110. The first kappa shape index (κ1) is 25.0. The lowest BCUT2D eigenvalue weighted by molar-refractivity contribution is -0.137. The van der Waals surface area contributed by atoms with E-state index in [0.29, 0.717) is 0 Å². The van der Waals surface area contributed by atoms with Crippen LogP contribution in [0.1, 0.15) is 5.56 Å². The van der Waals surface area contributed by atoms with Crippen molar-refractivity contribution in [3.05, 3.63) is 83.9 Å². The lowest BCUT2D eigenvalue weighted by atomic mass is 10.0. The monoisotopic (exact) mass is 481 g/mol. The highest BCUT2D eigenvalue weighted by molar-refractivity contribution is 7.73. The third kappa shape index (κ3) is 7.76. The zero-order valence-corrected chi connectivity index (χ0v) is 16.6. The van der Waals surface area contributed by atoms with Gasteiger partial charge in [0.2, 0.25) is 10.9 Å². The number of alkyl halides is 5. The van der Waals surface area contributed by atoms with E-state index in [1.807, 2.05) is 4.72 Å². The molecule has 3 rings (SSSR count). The van der Waals surface area contributed by atoms with Gasteiger partial charge in [0.1, 0.15) is 17.4 Å². The Morgan fingerprint density at radius 1 is 0.844 bits per heavy atom. The lowest BCUT2D eigenvalue weighted by Gasteiger charge is -2.09. The molecule has 0 amide bonds. The zero-order chi connectivity index (χ0) is 23.9. The van der Waals surface area contributed by atoms with Crippen LogP contribution >= 0.6 is 0 Å². The first-order chi connectivity index (χ1) is 15.0. The summed E-state index contributed by atoms with van der Waals surface area (Å²) < 4.78 is 114. The molecule has 0 unspecified atom stereocenters. The molecule has 0 spiro atoms. The molecule has 0 heterocycles. The Kier molecular flexibility index (Phi) is 8.47. The molecule has 0 radical (unpaired) electrons. The minimum Gasteiger partial charge on any atom is -0.435 e. The Morgan fingerprint density at radius 2 is 1.50 bits per heavy atom. The highest BCUT2D eigenvalue weighted by Gasteiger charge is 2.29. The van der Waals surface area contributed by atoms with Gasteiger partial charge in [-0.15, -0.1) is 0 Å². The SMILES string of the molecule is FC(F)(F)c1ccccc1.O=[SH](=O)Nc1cc(-c2cc(F)cc(OC(F)F)c2)ccc1F. The molecule has 0 fully saturated rings. The van der Waals surface area contributed by atoms with Gasteiger partial charge in [0.15, 0.2) is 0 Å². The minimum absolute atomic E-state index is 0.125. The summed E-state index contributed by atoms with van der Waals surface area (Å²) in [7, 11) is -3.09. The van der Waals surface area contributed by atoms with Crippen molar-refractivity contribution in [1.29, 1.82) is 0 Å². The number of thiol groups is 1. The second-order valence-corrected chi connectivity index (χ2v) is 6.72. The Morgan fingerprint density at radius 3 is 2.03 bits per heavy atom. The van der Waals surface area contributed by atoms with E-state index in [9.17, 15) is 39.2 Å². The fourth-order valence-electron chi connectivity index (χ4n) is 2.42. The number of halogens is 7. The summed E-state index contributed by atoms with van der Waals surface area (Å²) in [6.07, 6.45) is -4.21. The van der Waals surface area contributed by atoms with Crippen molar-refractivity contribution in [2.75, 3.05) is 4.72 Å². The Balaban J connectivity index is 0.000000303. The van der Waals surface area contributed by atoms with Crippen molar-refractivity contribution in [2.24, 2.45) is 0 Å². The summed E-state index contributed by atoms with van der Waals surface area (Å²) in [6, 6.07) is 12.6. The molecule has 0 aromatic heterocycles. The quantitative estimate of drug-likeness (QED) is 0.354. The molecule has 0 aliphatic heterocycles. The number of rotatable bonds is 5. The summed E-state index contributed by atoms with van der Waals surface area (Å²) in [6.45, 7) is -3.12. The smallest absolute Gasteiger partial charge is 0.416 e. The van der Waals surface area contributed by atoms with Gasteiger partial charge in [0, 0.05) is 6.07 Å². The van der Waals surface area contributed by atoms with Gasteiger partial charge in [-0.05, 0) is 35.4 Å². The van der Waals surface area contributed by atoms with E-state index in [0.717, 1.165) is 42.5 Å². The molecule has 3 aromatic carbocycles.